The number of ether oxygens (including phenoxy) is 2. The largest absolute Gasteiger partial charge is 0.496 e. The number of carbonyl (C=O) groups excluding carboxylic acids is 1. The van der Waals surface area contributed by atoms with Crippen LogP contribution in [0.1, 0.15) is 59.8 Å². The molecule has 0 saturated heterocycles. The van der Waals surface area contributed by atoms with E-state index in [1.54, 1.807) is 25.3 Å². The van der Waals surface area contributed by atoms with Gasteiger partial charge in [-0.3, -0.25) is 0 Å². The van der Waals surface area contributed by atoms with Crippen LogP contribution >= 0.6 is 11.8 Å². The Balaban J connectivity index is 2.41. The van der Waals surface area contributed by atoms with Crippen LogP contribution in [0.5, 0.6) is 5.75 Å². The molecule has 0 bridgehead atoms. The summed E-state index contributed by atoms with van der Waals surface area (Å²) in [5.74, 6) is 2.38. The van der Waals surface area contributed by atoms with Crippen molar-refractivity contribution in [3.8, 4) is 5.75 Å². The van der Waals surface area contributed by atoms with Crippen LogP contribution < -0.4 is 15.8 Å². The summed E-state index contributed by atoms with van der Waals surface area (Å²) < 4.78 is 10.4. The van der Waals surface area contributed by atoms with Crippen molar-refractivity contribution in [3.05, 3.63) is 40.6 Å². The molecule has 0 radical (unpaired) electrons. The van der Waals surface area contributed by atoms with Gasteiger partial charge in [0.05, 0.1) is 19.8 Å². The molecule has 0 unspecified atom stereocenters. The smallest absolute Gasteiger partial charge is 0.337 e. The summed E-state index contributed by atoms with van der Waals surface area (Å²) in [7, 11) is 2.99. The molecule has 7 nitrogen and oxygen atoms in total. The van der Waals surface area contributed by atoms with Gasteiger partial charge in [-0.1, -0.05) is 19.8 Å². The maximum atomic E-state index is 12.0. The number of nitrogens with one attached hydrogen (secondary N) is 1. The number of nitrogens with two attached hydrogens (primary N) is 1. The highest BCUT2D eigenvalue weighted by Gasteiger charge is 2.18. The summed E-state index contributed by atoms with van der Waals surface area (Å²) in [4.78, 5) is 20.9. The second kappa shape index (κ2) is 12.4. The Labute approximate surface area is 189 Å². The molecule has 3 N–H and O–H groups in total. The van der Waals surface area contributed by atoms with Crippen molar-refractivity contribution < 1.29 is 14.3 Å². The molecule has 170 valence electrons. The fourth-order valence-electron chi connectivity index (χ4n) is 3.49. The molecule has 0 spiro atoms. The van der Waals surface area contributed by atoms with E-state index < -0.39 is 0 Å². The average Bonchev–Trinajstić information content (AvgIpc) is 2.77. The monoisotopic (exact) mass is 446 g/mol. The van der Waals surface area contributed by atoms with E-state index in [9.17, 15) is 4.79 Å². The third-order valence-corrected chi connectivity index (χ3v) is 5.86. The van der Waals surface area contributed by atoms with Gasteiger partial charge in [0.25, 0.3) is 0 Å². The fraction of sp³-hybridized carbons (Fsp3) is 0.522. The highest BCUT2D eigenvalue weighted by atomic mass is 32.2. The number of nitrogen functional groups attached to an aromatic ring is 1. The van der Waals surface area contributed by atoms with E-state index in [0.717, 1.165) is 54.1 Å². The van der Waals surface area contributed by atoms with Crippen LogP contribution in [0.3, 0.4) is 0 Å². The summed E-state index contributed by atoms with van der Waals surface area (Å²) in [5, 5.41) is 3.63. The molecule has 8 heteroatoms. The first-order chi connectivity index (χ1) is 14.9. The summed E-state index contributed by atoms with van der Waals surface area (Å²) in [6.45, 7) is 4.13. The Morgan fingerprint density at radius 2 is 2.03 bits per heavy atom. The van der Waals surface area contributed by atoms with Crippen LogP contribution in [-0.4, -0.2) is 48.2 Å². The van der Waals surface area contributed by atoms with Crippen molar-refractivity contribution in [3.63, 3.8) is 0 Å². The topological polar surface area (TPSA) is 99.4 Å². The van der Waals surface area contributed by atoms with Gasteiger partial charge in [-0.05, 0) is 55.5 Å². The third-order valence-electron chi connectivity index (χ3n) is 5.22. The molecule has 1 aromatic carbocycles. The Morgan fingerprint density at radius 3 is 2.68 bits per heavy atom. The zero-order chi connectivity index (χ0) is 22.8. The van der Waals surface area contributed by atoms with Crippen LogP contribution in [0.4, 0.5) is 11.8 Å². The predicted molar refractivity (Wildman–Crippen MR) is 128 cm³/mol. The third kappa shape index (κ3) is 7.02. The number of methoxy groups -OCH3 is 2. The Hall–Kier alpha value is -2.48. The van der Waals surface area contributed by atoms with Gasteiger partial charge in [0, 0.05) is 23.7 Å². The van der Waals surface area contributed by atoms with Crippen molar-refractivity contribution in [2.45, 2.75) is 52.0 Å². The minimum Gasteiger partial charge on any atom is -0.496 e. The van der Waals surface area contributed by atoms with Crippen LogP contribution in [-0.2, 0) is 11.2 Å². The van der Waals surface area contributed by atoms with E-state index in [-0.39, 0.29) is 11.9 Å². The molecule has 0 aliphatic carbocycles. The summed E-state index contributed by atoms with van der Waals surface area (Å²) in [5.41, 5.74) is 9.07. The van der Waals surface area contributed by atoms with Gasteiger partial charge >= 0.3 is 5.97 Å². The van der Waals surface area contributed by atoms with Gasteiger partial charge in [0.15, 0.2) is 0 Å². The van der Waals surface area contributed by atoms with Crippen LogP contribution in [0.25, 0.3) is 0 Å². The van der Waals surface area contributed by atoms with E-state index >= 15 is 0 Å². The van der Waals surface area contributed by atoms with Gasteiger partial charge in [-0.25, -0.2) is 9.78 Å². The van der Waals surface area contributed by atoms with E-state index in [1.165, 1.54) is 7.11 Å². The number of hydrogen-bond acceptors (Lipinski definition) is 8. The van der Waals surface area contributed by atoms with Gasteiger partial charge in [-0.2, -0.15) is 16.7 Å². The van der Waals surface area contributed by atoms with Gasteiger partial charge in [0.1, 0.15) is 11.6 Å². The number of esters is 1. The molecule has 1 atom stereocenters. The molecule has 0 fully saturated rings. The maximum absolute atomic E-state index is 12.0. The van der Waals surface area contributed by atoms with E-state index in [1.807, 2.05) is 18.7 Å². The number of benzene rings is 1. The molecule has 0 saturated carbocycles. The second-order valence-corrected chi connectivity index (χ2v) is 8.44. The molecule has 0 aliphatic heterocycles. The number of unbranched alkanes of at least 4 members (excludes halogenated alkanes) is 1. The molecule has 1 heterocycles. The predicted octanol–water partition coefficient (Wildman–Crippen LogP) is 4.48. The number of hydrogen-bond donors (Lipinski definition) is 2. The Kier molecular flexibility index (Phi) is 9.91. The molecular formula is C23H34N4O3S. The fourth-order valence-corrected chi connectivity index (χ4v) is 4.01. The minimum absolute atomic E-state index is 0.248. The molecule has 1 aromatic heterocycles. The lowest BCUT2D eigenvalue weighted by atomic mass is 10.00. The Morgan fingerprint density at radius 1 is 1.26 bits per heavy atom. The minimum atomic E-state index is -0.385. The number of aromatic nitrogens is 2. The first-order valence-corrected chi connectivity index (χ1v) is 12.0. The first kappa shape index (κ1) is 24.8. The van der Waals surface area contributed by atoms with Crippen LogP contribution in [0.15, 0.2) is 18.2 Å². The lowest BCUT2D eigenvalue weighted by Gasteiger charge is -2.22. The lowest BCUT2D eigenvalue weighted by molar-refractivity contribution is 0.0600. The molecule has 0 aliphatic rings. The second-order valence-electron chi connectivity index (χ2n) is 7.45. The van der Waals surface area contributed by atoms with Crippen molar-refractivity contribution in [1.29, 1.82) is 0 Å². The lowest BCUT2D eigenvalue weighted by Crippen LogP contribution is -2.23. The zero-order valence-corrected chi connectivity index (χ0v) is 20.0. The number of rotatable bonds is 12. The molecule has 2 aromatic rings. The molecule has 0 amide bonds. The first-order valence-electron chi connectivity index (χ1n) is 10.6. The summed E-state index contributed by atoms with van der Waals surface area (Å²) in [6, 6.07) is 5.59. The standard InChI is InChI=1S/C23H34N4O3S/c1-6-7-8-18(11-12-31-5)26-21-19(15(2)25-23(24)27-21)14-17-13-16(22(28)30-4)9-10-20(17)29-3/h9-10,13,18H,6-8,11-12,14H2,1-5H3,(H3,24,25,26,27)/t18-/m0/s1. The normalized spacial score (nSPS) is 11.8. The van der Waals surface area contributed by atoms with Crippen LogP contribution in [0.2, 0.25) is 0 Å². The average molecular weight is 447 g/mol. The summed E-state index contributed by atoms with van der Waals surface area (Å²) >= 11 is 1.84. The van der Waals surface area contributed by atoms with E-state index in [2.05, 4.69) is 28.5 Å². The van der Waals surface area contributed by atoms with Crippen molar-refractivity contribution in [1.82, 2.24) is 9.97 Å². The van der Waals surface area contributed by atoms with Crippen molar-refractivity contribution >= 4 is 29.5 Å². The zero-order valence-electron chi connectivity index (χ0n) is 19.2. The number of carbonyl (C=O) groups is 1. The number of thioether (sulfide) groups is 1. The van der Waals surface area contributed by atoms with Gasteiger partial charge < -0.3 is 20.5 Å². The highest BCUT2D eigenvalue weighted by molar-refractivity contribution is 7.98. The quantitative estimate of drug-likeness (QED) is 0.461. The number of aryl methyl sites for hydroxylation is 1. The van der Waals surface area contributed by atoms with Crippen LogP contribution in [0, 0.1) is 6.92 Å². The van der Waals surface area contributed by atoms with E-state index in [0.29, 0.717) is 23.8 Å². The SMILES string of the molecule is CCCC[C@@H](CCSC)Nc1nc(N)nc(C)c1Cc1cc(C(=O)OC)ccc1OC. The van der Waals surface area contributed by atoms with E-state index in [4.69, 9.17) is 15.2 Å². The molecule has 2 rings (SSSR count). The van der Waals surface area contributed by atoms with Crippen molar-refractivity contribution in [2.75, 3.05) is 37.3 Å². The van der Waals surface area contributed by atoms with Gasteiger partial charge in [0.2, 0.25) is 5.95 Å². The van der Waals surface area contributed by atoms with Crippen molar-refractivity contribution in [2.24, 2.45) is 0 Å². The maximum Gasteiger partial charge on any atom is 0.337 e. The molecular weight excluding hydrogens is 412 g/mol. The Bertz CT molecular complexity index is 868. The molecule has 31 heavy (non-hydrogen) atoms. The van der Waals surface area contributed by atoms with Gasteiger partial charge in [-0.15, -0.1) is 0 Å². The summed E-state index contributed by atoms with van der Waals surface area (Å²) in [6.07, 6.45) is 7.04. The highest BCUT2D eigenvalue weighted by Crippen LogP contribution is 2.29. The number of anilines is 2. The number of nitrogens with zero attached hydrogens (tertiary/aromatic N) is 2.